The molecule has 0 unspecified atom stereocenters. The van der Waals surface area contributed by atoms with Gasteiger partial charge in [0.25, 0.3) is 5.91 Å². The van der Waals surface area contributed by atoms with Gasteiger partial charge in [0.1, 0.15) is 0 Å². The summed E-state index contributed by atoms with van der Waals surface area (Å²) in [6.07, 6.45) is 0. The van der Waals surface area contributed by atoms with E-state index >= 15 is 0 Å². The fourth-order valence-corrected chi connectivity index (χ4v) is 2.20. The Bertz CT molecular complexity index is 525. The summed E-state index contributed by atoms with van der Waals surface area (Å²) in [5.74, 6) is 4.86. The van der Waals surface area contributed by atoms with Crippen molar-refractivity contribution in [2.24, 2.45) is 5.84 Å². The van der Waals surface area contributed by atoms with Crippen LogP contribution < -0.4 is 11.3 Å². The fraction of sp³-hybridized carbons (Fsp3) is 0. The molecule has 3 nitrogen and oxygen atoms in total. The van der Waals surface area contributed by atoms with E-state index in [0.29, 0.717) is 5.56 Å². The summed E-state index contributed by atoms with van der Waals surface area (Å²) in [6.45, 7) is 0. The van der Waals surface area contributed by atoms with Crippen LogP contribution in [-0.4, -0.2) is 5.91 Å². The molecule has 2 aromatic carbocycles. The van der Waals surface area contributed by atoms with E-state index in [4.69, 9.17) is 5.84 Å². The molecule has 0 saturated heterocycles. The number of halogens is 1. The van der Waals surface area contributed by atoms with Crippen molar-refractivity contribution < 1.29 is 4.79 Å². The monoisotopic (exact) mass is 312 g/mol. The number of hydrogen-bond donors (Lipinski definition) is 2. The minimum Gasteiger partial charge on any atom is -0.290 e. The SMILES string of the molecule is NNC(=O)c1cc2ccccc2cc1I. The van der Waals surface area contributed by atoms with Crippen LogP contribution in [0.4, 0.5) is 0 Å². The van der Waals surface area contributed by atoms with Gasteiger partial charge in [0.05, 0.1) is 5.56 Å². The standard InChI is InChI=1S/C11H9IN2O/c12-10-6-8-4-2-1-3-7(8)5-9(10)11(15)14-13/h1-6H,13H2,(H,14,15). The van der Waals surface area contributed by atoms with Crippen LogP contribution >= 0.6 is 22.6 Å². The summed E-state index contributed by atoms with van der Waals surface area (Å²) in [5, 5.41) is 2.16. The van der Waals surface area contributed by atoms with E-state index in [0.717, 1.165) is 14.3 Å². The number of rotatable bonds is 1. The zero-order chi connectivity index (χ0) is 10.8. The van der Waals surface area contributed by atoms with Crippen LogP contribution in [0, 0.1) is 3.57 Å². The van der Waals surface area contributed by atoms with Gasteiger partial charge in [-0.3, -0.25) is 10.2 Å². The molecule has 15 heavy (non-hydrogen) atoms. The summed E-state index contributed by atoms with van der Waals surface area (Å²) in [7, 11) is 0. The van der Waals surface area contributed by atoms with Crippen molar-refractivity contribution in [2.75, 3.05) is 0 Å². The minimum absolute atomic E-state index is 0.259. The normalized spacial score (nSPS) is 10.3. The molecule has 1 amide bonds. The summed E-state index contributed by atoms with van der Waals surface area (Å²) >= 11 is 2.13. The predicted molar refractivity (Wildman–Crippen MR) is 68.3 cm³/mol. The molecule has 0 aliphatic heterocycles. The van der Waals surface area contributed by atoms with Gasteiger partial charge in [-0.05, 0) is 45.5 Å². The molecule has 0 saturated carbocycles. The first-order valence-corrected chi connectivity index (χ1v) is 5.49. The molecule has 2 aromatic rings. The van der Waals surface area contributed by atoms with Crippen molar-refractivity contribution in [3.05, 3.63) is 45.5 Å². The van der Waals surface area contributed by atoms with Crippen LogP contribution in [0.5, 0.6) is 0 Å². The second-order valence-electron chi connectivity index (χ2n) is 3.15. The highest BCUT2D eigenvalue weighted by molar-refractivity contribution is 14.1. The van der Waals surface area contributed by atoms with Crippen LogP contribution in [0.15, 0.2) is 36.4 Å². The Hall–Kier alpha value is -1.14. The summed E-state index contributed by atoms with van der Waals surface area (Å²) in [4.78, 5) is 11.4. The van der Waals surface area contributed by atoms with Gasteiger partial charge >= 0.3 is 0 Å². The van der Waals surface area contributed by atoms with Crippen molar-refractivity contribution in [3.63, 3.8) is 0 Å². The zero-order valence-corrected chi connectivity index (χ0v) is 9.99. The van der Waals surface area contributed by atoms with Gasteiger partial charge in [-0.25, -0.2) is 5.84 Å². The van der Waals surface area contributed by atoms with Gasteiger partial charge < -0.3 is 0 Å². The first kappa shape index (κ1) is 10.4. The number of amides is 1. The Morgan fingerprint density at radius 2 is 1.80 bits per heavy atom. The van der Waals surface area contributed by atoms with Crippen LogP contribution in [0.1, 0.15) is 10.4 Å². The smallest absolute Gasteiger partial charge is 0.266 e. The van der Waals surface area contributed by atoms with E-state index in [1.165, 1.54) is 0 Å². The van der Waals surface area contributed by atoms with E-state index < -0.39 is 0 Å². The largest absolute Gasteiger partial charge is 0.290 e. The molecule has 2 rings (SSSR count). The maximum atomic E-state index is 11.4. The first-order valence-electron chi connectivity index (χ1n) is 4.41. The first-order chi connectivity index (χ1) is 7.22. The molecule has 4 heteroatoms. The maximum Gasteiger partial charge on any atom is 0.266 e. The lowest BCUT2D eigenvalue weighted by Gasteiger charge is -2.05. The van der Waals surface area contributed by atoms with E-state index in [-0.39, 0.29) is 5.91 Å². The van der Waals surface area contributed by atoms with Crippen LogP contribution in [0.3, 0.4) is 0 Å². The van der Waals surface area contributed by atoms with E-state index in [9.17, 15) is 4.79 Å². The van der Waals surface area contributed by atoms with Gasteiger partial charge in [-0.1, -0.05) is 24.3 Å². The van der Waals surface area contributed by atoms with Gasteiger partial charge in [0, 0.05) is 3.57 Å². The summed E-state index contributed by atoms with van der Waals surface area (Å²) < 4.78 is 0.897. The second kappa shape index (κ2) is 4.16. The van der Waals surface area contributed by atoms with Crippen molar-refractivity contribution in [2.45, 2.75) is 0 Å². The number of fused-ring (bicyclic) bond motifs is 1. The topological polar surface area (TPSA) is 55.1 Å². The van der Waals surface area contributed by atoms with Crippen molar-refractivity contribution in [1.29, 1.82) is 0 Å². The summed E-state index contributed by atoms with van der Waals surface area (Å²) in [5.41, 5.74) is 2.75. The van der Waals surface area contributed by atoms with Gasteiger partial charge in [0.2, 0.25) is 0 Å². The number of nitrogens with one attached hydrogen (secondary N) is 1. The lowest BCUT2D eigenvalue weighted by atomic mass is 10.1. The van der Waals surface area contributed by atoms with Gasteiger partial charge in [-0.15, -0.1) is 0 Å². The number of nitrogen functional groups attached to an aromatic ring is 1. The molecule has 76 valence electrons. The van der Waals surface area contributed by atoms with Gasteiger partial charge in [-0.2, -0.15) is 0 Å². The number of carbonyl (C=O) groups is 1. The Kier molecular flexibility index (Phi) is 2.88. The number of nitrogens with two attached hydrogens (primary N) is 1. The molecule has 0 aromatic heterocycles. The van der Waals surface area contributed by atoms with Crippen molar-refractivity contribution in [1.82, 2.24) is 5.43 Å². The van der Waals surface area contributed by atoms with Crippen LogP contribution in [-0.2, 0) is 0 Å². The number of hydrogen-bond acceptors (Lipinski definition) is 2. The molecule has 0 radical (unpaired) electrons. The number of carbonyl (C=O) groups excluding carboxylic acids is 1. The maximum absolute atomic E-state index is 11.4. The molecule has 0 atom stereocenters. The highest BCUT2D eigenvalue weighted by Crippen LogP contribution is 2.21. The van der Waals surface area contributed by atoms with Gasteiger partial charge in [0.15, 0.2) is 0 Å². The predicted octanol–water partition coefficient (Wildman–Crippen LogP) is 2.05. The molecule has 0 fully saturated rings. The molecular weight excluding hydrogens is 303 g/mol. The molecule has 0 heterocycles. The van der Waals surface area contributed by atoms with Crippen LogP contribution in [0.2, 0.25) is 0 Å². The van der Waals surface area contributed by atoms with E-state index in [1.807, 2.05) is 36.4 Å². The average Bonchev–Trinajstić information content (AvgIpc) is 2.27. The Morgan fingerprint density at radius 1 is 1.20 bits per heavy atom. The highest BCUT2D eigenvalue weighted by atomic mass is 127. The molecule has 0 aliphatic carbocycles. The number of hydrazine groups is 1. The quantitative estimate of drug-likeness (QED) is 0.366. The fourth-order valence-electron chi connectivity index (χ4n) is 1.46. The molecular formula is C11H9IN2O. The lowest BCUT2D eigenvalue weighted by molar-refractivity contribution is 0.0953. The van der Waals surface area contributed by atoms with Crippen molar-refractivity contribution in [3.8, 4) is 0 Å². The summed E-state index contributed by atoms with van der Waals surface area (Å²) in [6, 6.07) is 11.7. The number of benzene rings is 2. The molecule has 3 N–H and O–H groups in total. The van der Waals surface area contributed by atoms with E-state index in [1.54, 1.807) is 0 Å². The Balaban J connectivity index is 2.67. The molecule has 0 aliphatic rings. The zero-order valence-electron chi connectivity index (χ0n) is 7.83. The van der Waals surface area contributed by atoms with E-state index in [2.05, 4.69) is 28.0 Å². The van der Waals surface area contributed by atoms with Crippen molar-refractivity contribution >= 4 is 39.3 Å². The lowest BCUT2D eigenvalue weighted by Crippen LogP contribution is -2.30. The average molecular weight is 312 g/mol. The third kappa shape index (κ3) is 1.95. The third-order valence-electron chi connectivity index (χ3n) is 2.21. The molecule has 0 bridgehead atoms. The highest BCUT2D eigenvalue weighted by Gasteiger charge is 2.09. The minimum atomic E-state index is -0.259. The third-order valence-corrected chi connectivity index (χ3v) is 3.10. The molecule has 0 spiro atoms. The second-order valence-corrected chi connectivity index (χ2v) is 4.31. The van der Waals surface area contributed by atoms with Crippen LogP contribution in [0.25, 0.3) is 10.8 Å². The Labute approximate surface area is 101 Å². The Morgan fingerprint density at radius 3 is 2.40 bits per heavy atom.